The second-order valence-corrected chi connectivity index (χ2v) is 8.07. The minimum atomic E-state index is -1.60. The molecule has 7 heteroatoms. The standard InChI is InChI=1S/C23H27ClN2O4/c1-15-20(14-30-23(2,3)22(27)28)25-26(13-17-8-5-6-11-19(17)24)21(15)16-9-7-10-18(12-16)29-4/h5-12,22,27-28H,13-14H2,1-4H3. The number of hydrogen-bond donors (Lipinski definition) is 2. The highest BCUT2D eigenvalue weighted by atomic mass is 35.5. The summed E-state index contributed by atoms with van der Waals surface area (Å²) in [5.74, 6) is 0.750. The first kappa shape index (κ1) is 22.3. The zero-order chi connectivity index (χ0) is 21.9. The molecule has 0 bridgehead atoms. The molecule has 3 aromatic rings. The average molecular weight is 431 g/mol. The lowest BCUT2D eigenvalue weighted by Crippen LogP contribution is -2.38. The Kier molecular flexibility index (Phi) is 6.83. The zero-order valence-corrected chi connectivity index (χ0v) is 18.3. The molecule has 2 aromatic carbocycles. The van der Waals surface area contributed by atoms with Crippen molar-refractivity contribution in [2.45, 2.75) is 45.8 Å². The largest absolute Gasteiger partial charge is 0.497 e. The van der Waals surface area contributed by atoms with Crippen LogP contribution in [0, 0.1) is 6.92 Å². The summed E-state index contributed by atoms with van der Waals surface area (Å²) in [5.41, 5.74) is 3.38. The fourth-order valence-corrected chi connectivity index (χ4v) is 3.30. The van der Waals surface area contributed by atoms with E-state index in [2.05, 4.69) is 0 Å². The van der Waals surface area contributed by atoms with E-state index in [9.17, 15) is 10.2 Å². The summed E-state index contributed by atoms with van der Waals surface area (Å²) < 4.78 is 13.0. The van der Waals surface area contributed by atoms with Crippen LogP contribution in [0.5, 0.6) is 5.75 Å². The van der Waals surface area contributed by atoms with E-state index in [4.69, 9.17) is 26.2 Å². The summed E-state index contributed by atoms with van der Waals surface area (Å²) in [6, 6.07) is 15.4. The molecule has 30 heavy (non-hydrogen) atoms. The summed E-state index contributed by atoms with van der Waals surface area (Å²) >= 11 is 6.38. The van der Waals surface area contributed by atoms with Crippen LogP contribution in [0.1, 0.15) is 30.7 Å². The van der Waals surface area contributed by atoms with Crippen molar-refractivity contribution in [2.24, 2.45) is 0 Å². The van der Waals surface area contributed by atoms with Crippen molar-refractivity contribution in [2.75, 3.05) is 7.11 Å². The number of aromatic nitrogens is 2. The van der Waals surface area contributed by atoms with Gasteiger partial charge in [0.2, 0.25) is 0 Å². The Labute approximate surface area is 181 Å². The predicted molar refractivity (Wildman–Crippen MR) is 117 cm³/mol. The van der Waals surface area contributed by atoms with Crippen molar-refractivity contribution < 1.29 is 19.7 Å². The van der Waals surface area contributed by atoms with Crippen molar-refractivity contribution >= 4 is 11.6 Å². The molecule has 0 aliphatic carbocycles. The van der Waals surface area contributed by atoms with Crippen molar-refractivity contribution in [1.82, 2.24) is 9.78 Å². The van der Waals surface area contributed by atoms with E-state index in [-0.39, 0.29) is 6.61 Å². The van der Waals surface area contributed by atoms with Crippen LogP contribution >= 0.6 is 11.6 Å². The van der Waals surface area contributed by atoms with Crippen LogP contribution < -0.4 is 4.74 Å². The van der Waals surface area contributed by atoms with Crippen molar-refractivity contribution in [3.05, 3.63) is 70.4 Å². The molecule has 1 heterocycles. The molecule has 160 valence electrons. The lowest BCUT2D eigenvalue weighted by atomic mass is 10.1. The minimum absolute atomic E-state index is 0.142. The van der Waals surface area contributed by atoms with Gasteiger partial charge < -0.3 is 19.7 Å². The Morgan fingerprint density at radius 1 is 1.13 bits per heavy atom. The third-order valence-corrected chi connectivity index (χ3v) is 5.48. The van der Waals surface area contributed by atoms with Crippen LogP contribution in [0.2, 0.25) is 5.02 Å². The monoisotopic (exact) mass is 430 g/mol. The average Bonchev–Trinajstić information content (AvgIpc) is 3.03. The second kappa shape index (κ2) is 9.18. The lowest BCUT2D eigenvalue weighted by Gasteiger charge is -2.26. The van der Waals surface area contributed by atoms with Crippen molar-refractivity contribution in [3.63, 3.8) is 0 Å². The third-order valence-electron chi connectivity index (χ3n) is 5.11. The van der Waals surface area contributed by atoms with E-state index < -0.39 is 11.9 Å². The highest BCUT2D eigenvalue weighted by Gasteiger charge is 2.28. The maximum atomic E-state index is 9.52. The molecule has 1 aromatic heterocycles. The van der Waals surface area contributed by atoms with Gasteiger partial charge in [-0.1, -0.05) is 41.9 Å². The van der Waals surface area contributed by atoms with Gasteiger partial charge in [0.25, 0.3) is 0 Å². The fourth-order valence-electron chi connectivity index (χ4n) is 3.11. The number of methoxy groups -OCH3 is 1. The number of aliphatic hydroxyl groups is 2. The first-order valence-corrected chi connectivity index (χ1v) is 10.0. The highest BCUT2D eigenvalue weighted by Crippen LogP contribution is 2.31. The molecule has 0 spiro atoms. The Balaban J connectivity index is 2.03. The number of ether oxygens (including phenoxy) is 2. The molecule has 3 rings (SSSR count). The zero-order valence-electron chi connectivity index (χ0n) is 17.6. The summed E-state index contributed by atoms with van der Waals surface area (Å²) in [6.07, 6.45) is -1.60. The lowest BCUT2D eigenvalue weighted by molar-refractivity contribution is -0.197. The first-order valence-electron chi connectivity index (χ1n) is 9.67. The molecule has 0 aliphatic rings. The third kappa shape index (κ3) is 4.84. The molecule has 0 saturated carbocycles. The Morgan fingerprint density at radius 3 is 2.53 bits per heavy atom. The fraction of sp³-hybridized carbons (Fsp3) is 0.348. The van der Waals surface area contributed by atoms with Gasteiger partial charge in [-0.3, -0.25) is 4.68 Å². The molecule has 0 saturated heterocycles. The summed E-state index contributed by atoms with van der Waals surface area (Å²) in [6.45, 7) is 5.85. The van der Waals surface area contributed by atoms with E-state index in [1.807, 2.05) is 60.1 Å². The Bertz CT molecular complexity index is 1010. The smallest absolute Gasteiger partial charge is 0.180 e. The van der Waals surface area contributed by atoms with Gasteiger partial charge in [-0.15, -0.1) is 0 Å². The molecule has 0 unspecified atom stereocenters. The maximum absolute atomic E-state index is 9.52. The van der Waals surface area contributed by atoms with E-state index in [0.717, 1.165) is 28.1 Å². The van der Waals surface area contributed by atoms with Gasteiger partial charge in [-0.05, 0) is 44.5 Å². The molecule has 0 amide bonds. The number of benzene rings is 2. The molecule has 0 fully saturated rings. The van der Waals surface area contributed by atoms with Crippen LogP contribution in [-0.4, -0.2) is 39.0 Å². The molecule has 0 atom stereocenters. The van der Waals surface area contributed by atoms with E-state index in [1.165, 1.54) is 0 Å². The molecule has 2 N–H and O–H groups in total. The van der Waals surface area contributed by atoms with Crippen LogP contribution in [0.4, 0.5) is 0 Å². The van der Waals surface area contributed by atoms with Gasteiger partial charge in [-0.2, -0.15) is 5.10 Å². The van der Waals surface area contributed by atoms with Gasteiger partial charge in [-0.25, -0.2) is 0 Å². The number of hydrogen-bond acceptors (Lipinski definition) is 5. The molecular formula is C23H27ClN2O4. The maximum Gasteiger partial charge on any atom is 0.180 e. The molecule has 0 radical (unpaired) electrons. The Morgan fingerprint density at radius 2 is 1.87 bits per heavy atom. The normalized spacial score (nSPS) is 11.9. The van der Waals surface area contributed by atoms with Crippen LogP contribution in [-0.2, 0) is 17.9 Å². The minimum Gasteiger partial charge on any atom is -0.497 e. The Hall–Kier alpha value is -2.38. The summed E-state index contributed by atoms with van der Waals surface area (Å²) in [7, 11) is 1.63. The first-order chi connectivity index (χ1) is 14.2. The van der Waals surface area contributed by atoms with Crippen molar-refractivity contribution in [1.29, 1.82) is 0 Å². The predicted octanol–water partition coefficient (Wildman–Crippen LogP) is 4.17. The number of aliphatic hydroxyl groups excluding tert-OH is 1. The van der Waals surface area contributed by atoms with E-state index in [1.54, 1.807) is 21.0 Å². The second-order valence-electron chi connectivity index (χ2n) is 7.67. The summed E-state index contributed by atoms with van der Waals surface area (Å²) in [5, 5.41) is 24.5. The van der Waals surface area contributed by atoms with Gasteiger partial charge >= 0.3 is 0 Å². The van der Waals surface area contributed by atoms with Crippen LogP contribution in [0.3, 0.4) is 0 Å². The summed E-state index contributed by atoms with van der Waals surface area (Å²) in [4.78, 5) is 0. The van der Waals surface area contributed by atoms with E-state index >= 15 is 0 Å². The van der Waals surface area contributed by atoms with Crippen LogP contribution in [0.15, 0.2) is 48.5 Å². The quantitative estimate of drug-likeness (QED) is 0.524. The van der Waals surface area contributed by atoms with Crippen molar-refractivity contribution in [3.8, 4) is 17.0 Å². The highest BCUT2D eigenvalue weighted by molar-refractivity contribution is 6.31. The molecule has 0 aliphatic heterocycles. The van der Waals surface area contributed by atoms with Gasteiger partial charge in [0.05, 0.1) is 31.6 Å². The van der Waals surface area contributed by atoms with Gasteiger partial charge in [0.1, 0.15) is 11.4 Å². The number of nitrogens with zero attached hydrogens (tertiary/aromatic N) is 2. The topological polar surface area (TPSA) is 76.7 Å². The van der Waals surface area contributed by atoms with Gasteiger partial charge in [0.15, 0.2) is 6.29 Å². The molecular weight excluding hydrogens is 404 g/mol. The molecule has 6 nitrogen and oxygen atoms in total. The number of halogens is 1. The van der Waals surface area contributed by atoms with Crippen LogP contribution in [0.25, 0.3) is 11.3 Å². The van der Waals surface area contributed by atoms with Gasteiger partial charge in [0, 0.05) is 16.1 Å². The van der Waals surface area contributed by atoms with E-state index in [0.29, 0.717) is 17.3 Å². The number of rotatable bonds is 8. The SMILES string of the molecule is COc1cccc(-c2c(C)c(COC(C)(C)C(O)O)nn2Cc2ccccc2Cl)c1.